The van der Waals surface area contributed by atoms with Crippen molar-refractivity contribution < 1.29 is 55.0 Å². The van der Waals surface area contributed by atoms with Gasteiger partial charge in [-0.3, -0.25) is 28.9 Å². The van der Waals surface area contributed by atoms with E-state index < -0.39 is 99.0 Å². The summed E-state index contributed by atoms with van der Waals surface area (Å²) >= 11 is 6.16. The summed E-state index contributed by atoms with van der Waals surface area (Å²) < 4.78 is 84.2. The summed E-state index contributed by atoms with van der Waals surface area (Å²) in [5.41, 5.74) is 0.759. The highest BCUT2D eigenvalue weighted by Gasteiger charge is 2.53. The van der Waals surface area contributed by atoms with Crippen LogP contribution in [0.1, 0.15) is 41.8 Å². The third kappa shape index (κ3) is 11.9. The van der Waals surface area contributed by atoms with Gasteiger partial charge in [0.15, 0.2) is 9.84 Å². The number of hydrogen-bond donors (Lipinski definition) is 2. The number of amides is 4. The number of halogens is 4. The molecule has 4 amide bonds. The second-order valence-corrected chi connectivity index (χ2v) is 18.4. The van der Waals surface area contributed by atoms with Gasteiger partial charge in [0.25, 0.3) is 11.8 Å². The van der Waals surface area contributed by atoms with Gasteiger partial charge in [0, 0.05) is 56.8 Å². The maximum atomic E-state index is 15.6. The van der Waals surface area contributed by atoms with Gasteiger partial charge in [0.1, 0.15) is 23.7 Å². The molecule has 2 aliphatic heterocycles. The van der Waals surface area contributed by atoms with Crippen LogP contribution >= 0.6 is 11.6 Å². The van der Waals surface area contributed by atoms with Crippen LogP contribution in [0.25, 0.3) is 0 Å². The number of carbonyl (C=O) groups is 5. The van der Waals surface area contributed by atoms with Gasteiger partial charge >= 0.3 is 5.92 Å². The Morgan fingerprint density at radius 1 is 0.984 bits per heavy atom. The molecule has 0 aliphatic carbocycles. The fraction of sp³-hybridized carbons (Fsp3) is 0.465. The molecule has 14 nitrogen and oxygen atoms in total. The lowest BCUT2D eigenvalue weighted by atomic mass is 9.94. The number of likely N-dealkylation sites (N-methyl/N-ethyl adjacent to an activating group) is 1. The van der Waals surface area contributed by atoms with Crippen LogP contribution in [0.3, 0.4) is 0 Å². The maximum absolute atomic E-state index is 15.6. The van der Waals surface area contributed by atoms with Gasteiger partial charge in [-0.05, 0) is 65.9 Å². The molecule has 0 radical (unpaired) electrons. The Morgan fingerprint density at radius 3 is 2.29 bits per heavy atom. The van der Waals surface area contributed by atoms with E-state index in [0.717, 1.165) is 15.9 Å². The fourth-order valence-electron chi connectivity index (χ4n) is 7.41. The lowest BCUT2D eigenvalue weighted by molar-refractivity contribution is -0.161. The minimum absolute atomic E-state index is 0.0945. The van der Waals surface area contributed by atoms with Crippen LogP contribution in [0.2, 0.25) is 5.02 Å². The van der Waals surface area contributed by atoms with E-state index in [9.17, 15) is 36.8 Å². The van der Waals surface area contributed by atoms with Crippen molar-refractivity contribution in [3.8, 4) is 5.75 Å². The molecule has 2 saturated heterocycles. The first kappa shape index (κ1) is 48.0. The molecule has 2 aliphatic rings. The zero-order valence-electron chi connectivity index (χ0n) is 34.8. The van der Waals surface area contributed by atoms with Crippen LogP contribution in [-0.4, -0.2) is 142 Å². The van der Waals surface area contributed by atoms with Crippen LogP contribution in [0.5, 0.6) is 5.75 Å². The summed E-state index contributed by atoms with van der Waals surface area (Å²) in [5, 5.41) is 3.26. The molecule has 0 saturated carbocycles. The number of rotatable bonds is 18. The highest BCUT2D eigenvalue weighted by Crippen LogP contribution is 2.30. The monoisotopic (exact) mass is 905 g/mol. The third-order valence-corrected chi connectivity index (χ3v) is 13.3. The number of nitrogens with zero attached hydrogens (tertiary/aromatic N) is 3. The predicted molar refractivity (Wildman–Crippen MR) is 224 cm³/mol. The highest BCUT2D eigenvalue weighted by molar-refractivity contribution is 7.91. The topological polar surface area (TPSA) is 172 Å². The Balaban J connectivity index is 1.46. The minimum atomic E-state index is -4.58. The highest BCUT2D eigenvalue weighted by atomic mass is 35.5. The molecule has 62 heavy (non-hydrogen) atoms. The van der Waals surface area contributed by atoms with Crippen molar-refractivity contribution in [2.75, 3.05) is 60.1 Å². The molecule has 0 bridgehead atoms. The minimum Gasteiger partial charge on any atom is -0.497 e. The number of hydrogen-bond acceptors (Lipinski definition) is 10. The van der Waals surface area contributed by atoms with Crippen molar-refractivity contribution in [3.05, 3.63) is 100 Å². The summed E-state index contributed by atoms with van der Waals surface area (Å²) in [4.78, 5) is 73.3. The molecule has 0 spiro atoms. The first-order valence-electron chi connectivity index (χ1n) is 20.1. The van der Waals surface area contributed by atoms with Gasteiger partial charge in [-0.2, -0.15) is 8.78 Å². The summed E-state index contributed by atoms with van der Waals surface area (Å²) in [5.74, 6) is -12.7. The normalized spacial score (nSPS) is 18.2. The Labute approximate surface area is 363 Å². The summed E-state index contributed by atoms with van der Waals surface area (Å²) in [6.45, 7) is 4.21. The van der Waals surface area contributed by atoms with Crippen LogP contribution in [0, 0.1) is 11.7 Å². The number of alkyl halides is 2. The first-order chi connectivity index (χ1) is 29.3. The molecule has 19 heteroatoms. The SMILES string of the molecule is COc1ccc(CS(=O)(=O)[C@@H]2C[C@@H](C(=O)N[C@H](C(=O)C(F)(F)C(=O)NCCN3CCOCC3)C(C)C)N(C(=O)[C@H](Cc3cccc(F)c3)N(C)C(=O)c3cccc(Cl)c3)C2)cc1. The van der Waals surface area contributed by atoms with Crippen molar-refractivity contribution in [1.82, 2.24) is 25.3 Å². The first-order valence-corrected chi connectivity index (χ1v) is 22.1. The third-order valence-electron chi connectivity index (χ3n) is 11.0. The molecular formula is C43H51ClF3N5O9S. The number of benzene rings is 3. The molecule has 0 aromatic heterocycles. The Kier molecular flexibility index (Phi) is 16.2. The van der Waals surface area contributed by atoms with Crippen molar-refractivity contribution >= 4 is 50.9 Å². The number of ether oxygens (including phenoxy) is 2. The van der Waals surface area contributed by atoms with E-state index in [1.165, 1.54) is 70.5 Å². The summed E-state index contributed by atoms with van der Waals surface area (Å²) in [7, 11) is -1.40. The van der Waals surface area contributed by atoms with Gasteiger partial charge in [-0.1, -0.05) is 55.8 Å². The van der Waals surface area contributed by atoms with Crippen LogP contribution in [0.15, 0.2) is 72.8 Å². The van der Waals surface area contributed by atoms with E-state index in [0.29, 0.717) is 37.6 Å². The molecule has 2 N–H and O–H groups in total. The number of morpholine rings is 1. The summed E-state index contributed by atoms with van der Waals surface area (Å²) in [6, 6.07) is 12.3. The number of carbonyl (C=O) groups excluding carboxylic acids is 5. The Hall–Kier alpha value is -5.04. The zero-order valence-corrected chi connectivity index (χ0v) is 36.4. The smallest absolute Gasteiger partial charge is 0.383 e. The van der Waals surface area contributed by atoms with Crippen molar-refractivity contribution in [2.45, 2.75) is 61.7 Å². The van der Waals surface area contributed by atoms with E-state index in [1.807, 2.05) is 4.90 Å². The number of likely N-dealkylation sites (tertiary alicyclic amines) is 1. The largest absolute Gasteiger partial charge is 0.497 e. The number of Topliss-reactive ketones (excluding diaryl/α,β-unsaturated/α-hetero) is 1. The quantitative estimate of drug-likeness (QED) is 0.180. The average Bonchev–Trinajstić information content (AvgIpc) is 3.71. The molecule has 2 heterocycles. The van der Waals surface area contributed by atoms with Gasteiger partial charge < -0.3 is 29.9 Å². The van der Waals surface area contributed by atoms with Gasteiger partial charge in [-0.25, -0.2) is 12.8 Å². The molecule has 3 aromatic rings. The molecule has 3 aromatic carbocycles. The molecule has 0 unspecified atom stereocenters. The molecule has 4 atom stereocenters. The second-order valence-electron chi connectivity index (χ2n) is 15.7. The Bertz CT molecular complexity index is 2210. The number of ketones is 1. The maximum Gasteiger partial charge on any atom is 0.383 e. The van der Waals surface area contributed by atoms with Gasteiger partial charge in [0.05, 0.1) is 37.4 Å². The number of nitrogens with one attached hydrogen (secondary N) is 2. The van der Waals surface area contributed by atoms with Gasteiger partial charge in [-0.15, -0.1) is 0 Å². The second kappa shape index (κ2) is 20.9. The molecule has 5 rings (SSSR count). The molecule has 2 fully saturated rings. The molecular weight excluding hydrogens is 855 g/mol. The zero-order chi connectivity index (χ0) is 45.4. The van der Waals surface area contributed by atoms with Crippen molar-refractivity contribution in [2.24, 2.45) is 5.92 Å². The van der Waals surface area contributed by atoms with E-state index in [-0.39, 0.29) is 35.7 Å². The number of sulfone groups is 1. The predicted octanol–water partition coefficient (Wildman–Crippen LogP) is 3.55. The van der Waals surface area contributed by atoms with E-state index in [1.54, 1.807) is 24.3 Å². The standard InChI is InChI=1S/C43H51ClF3N5O9S/c1-27(2)37(38(53)43(46,47)42(57)48-15-16-51-17-19-61-20-18-51)49-39(54)35-24-34(62(58,59)26-28-11-13-33(60-4)14-12-28)25-52(35)41(56)36(22-29-7-5-10-32(45)21-29)50(3)40(55)30-8-6-9-31(44)23-30/h5-14,21,23,27,34-37H,15-20,22,24-26H2,1-4H3,(H,48,57)(H,49,54)/t34-,35+,36+,37+/m1/s1. The average molecular weight is 906 g/mol. The lowest BCUT2D eigenvalue weighted by Gasteiger charge is -2.34. The van der Waals surface area contributed by atoms with E-state index in [4.69, 9.17) is 21.1 Å². The van der Waals surface area contributed by atoms with E-state index in [2.05, 4.69) is 10.6 Å². The van der Waals surface area contributed by atoms with Crippen molar-refractivity contribution in [3.63, 3.8) is 0 Å². The van der Waals surface area contributed by atoms with Crippen molar-refractivity contribution in [1.29, 1.82) is 0 Å². The summed E-state index contributed by atoms with van der Waals surface area (Å²) in [6.07, 6.45) is -0.792. The fourth-order valence-corrected chi connectivity index (χ4v) is 9.36. The lowest BCUT2D eigenvalue weighted by Crippen LogP contribution is -2.60. The van der Waals surface area contributed by atoms with Crippen LogP contribution < -0.4 is 15.4 Å². The van der Waals surface area contributed by atoms with Crippen LogP contribution in [0.4, 0.5) is 13.2 Å². The van der Waals surface area contributed by atoms with Gasteiger partial charge in [0.2, 0.25) is 17.6 Å². The molecule has 336 valence electrons. The number of methoxy groups -OCH3 is 1. The van der Waals surface area contributed by atoms with E-state index >= 15 is 8.78 Å². The van der Waals surface area contributed by atoms with Crippen LogP contribution in [-0.2, 0) is 45.9 Å². The Morgan fingerprint density at radius 2 is 1.66 bits per heavy atom.